The van der Waals surface area contributed by atoms with Crippen LogP contribution in [0.2, 0.25) is 0 Å². The Morgan fingerprint density at radius 2 is 2.12 bits per heavy atom. The Morgan fingerprint density at radius 1 is 1.27 bits per heavy atom. The molecule has 142 valence electrons. The third-order valence-corrected chi connectivity index (χ3v) is 5.86. The molecule has 1 aliphatic heterocycles. The maximum absolute atomic E-state index is 6.16. The van der Waals surface area contributed by atoms with Gasteiger partial charge in [0.2, 0.25) is 0 Å². The number of anilines is 2. The summed E-state index contributed by atoms with van der Waals surface area (Å²) in [4.78, 5) is 7.44. The number of aromatic amines is 1. The third-order valence-electron chi connectivity index (χ3n) is 5.86. The van der Waals surface area contributed by atoms with E-state index in [1.54, 1.807) is 7.11 Å². The van der Waals surface area contributed by atoms with Crippen LogP contribution in [0.4, 0.5) is 11.6 Å². The zero-order valence-corrected chi connectivity index (χ0v) is 15.7. The lowest BCUT2D eigenvalue weighted by Gasteiger charge is -2.38. The summed E-state index contributed by atoms with van der Waals surface area (Å²) in [6.45, 7) is 3.66. The minimum Gasteiger partial charge on any atom is -0.385 e. The van der Waals surface area contributed by atoms with Gasteiger partial charge in [0, 0.05) is 45.0 Å². The molecule has 0 radical (unpaired) electrons. The van der Waals surface area contributed by atoms with Crippen LogP contribution >= 0.6 is 0 Å². The van der Waals surface area contributed by atoms with Gasteiger partial charge in [0.05, 0.1) is 5.39 Å². The predicted octanol–water partition coefficient (Wildman–Crippen LogP) is 2.68. The SMILES string of the molecule is COCCCNc1nc2n[nH]c(N)c2c2c1CN(C1CCCCC1)CC2. The molecule has 0 saturated heterocycles. The van der Waals surface area contributed by atoms with Crippen LogP contribution in [0.1, 0.15) is 49.7 Å². The fraction of sp³-hybridized carbons (Fsp3) is 0.684. The van der Waals surface area contributed by atoms with E-state index in [2.05, 4.69) is 20.4 Å². The molecule has 0 atom stereocenters. The Morgan fingerprint density at radius 3 is 2.92 bits per heavy atom. The van der Waals surface area contributed by atoms with E-state index >= 15 is 0 Å². The van der Waals surface area contributed by atoms with Gasteiger partial charge in [-0.05, 0) is 31.2 Å². The van der Waals surface area contributed by atoms with Gasteiger partial charge >= 0.3 is 0 Å². The maximum Gasteiger partial charge on any atom is 0.185 e. The van der Waals surface area contributed by atoms with Gasteiger partial charge in [-0.2, -0.15) is 5.10 Å². The number of pyridine rings is 1. The molecule has 26 heavy (non-hydrogen) atoms. The van der Waals surface area contributed by atoms with Crippen molar-refractivity contribution in [3.05, 3.63) is 11.1 Å². The molecule has 1 fully saturated rings. The van der Waals surface area contributed by atoms with E-state index in [-0.39, 0.29) is 0 Å². The number of nitrogens with two attached hydrogens (primary N) is 1. The summed E-state index contributed by atoms with van der Waals surface area (Å²) in [5.74, 6) is 1.61. The lowest BCUT2D eigenvalue weighted by Crippen LogP contribution is -2.40. The summed E-state index contributed by atoms with van der Waals surface area (Å²) in [6.07, 6.45) is 8.75. The number of ether oxygens (including phenoxy) is 1. The smallest absolute Gasteiger partial charge is 0.185 e. The molecule has 1 saturated carbocycles. The number of hydrogen-bond donors (Lipinski definition) is 3. The number of fused-ring (bicyclic) bond motifs is 3. The first-order chi connectivity index (χ1) is 12.8. The second-order valence-electron chi connectivity index (χ2n) is 7.54. The normalized spacial score (nSPS) is 19.0. The van der Waals surface area contributed by atoms with Crippen LogP contribution in [0.5, 0.6) is 0 Å². The molecule has 4 N–H and O–H groups in total. The average molecular weight is 358 g/mol. The molecule has 2 aliphatic rings. The fourth-order valence-corrected chi connectivity index (χ4v) is 4.50. The Kier molecular flexibility index (Phi) is 5.26. The molecule has 7 heteroatoms. The van der Waals surface area contributed by atoms with Gasteiger partial charge in [-0.25, -0.2) is 4.98 Å². The Hall–Kier alpha value is -1.86. The largest absolute Gasteiger partial charge is 0.385 e. The van der Waals surface area contributed by atoms with Crippen molar-refractivity contribution in [1.29, 1.82) is 0 Å². The first-order valence-electron chi connectivity index (χ1n) is 9.90. The average Bonchev–Trinajstić information content (AvgIpc) is 3.06. The highest BCUT2D eigenvalue weighted by molar-refractivity contribution is 5.92. The van der Waals surface area contributed by atoms with E-state index in [1.807, 2.05) is 0 Å². The van der Waals surface area contributed by atoms with Crippen molar-refractivity contribution in [1.82, 2.24) is 20.1 Å². The van der Waals surface area contributed by atoms with Crippen LogP contribution in [0.25, 0.3) is 11.0 Å². The molecule has 4 rings (SSSR count). The minimum atomic E-state index is 0.640. The summed E-state index contributed by atoms with van der Waals surface area (Å²) in [5, 5.41) is 11.7. The van der Waals surface area contributed by atoms with Crippen molar-refractivity contribution in [3.63, 3.8) is 0 Å². The Bertz CT molecular complexity index is 752. The van der Waals surface area contributed by atoms with Crippen molar-refractivity contribution in [2.75, 3.05) is 37.9 Å². The molecule has 2 aromatic rings. The summed E-state index contributed by atoms with van der Waals surface area (Å²) < 4.78 is 5.16. The van der Waals surface area contributed by atoms with Crippen LogP contribution in [0, 0.1) is 0 Å². The van der Waals surface area contributed by atoms with E-state index in [1.165, 1.54) is 43.2 Å². The van der Waals surface area contributed by atoms with Gasteiger partial charge in [0.15, 0.2) is 5.65 Å². The number of aromatic nitrogens is 3. The van der Waals surface area contributed by atoms with E-state index in [0.29, 0.717) is 5.82 Å². The molecule has 7 nitrogen and oxygen atoms in total. The van der Waals surface area contributed by atoms with E-state index in [0.717, 1.165) is 62.0 Å². The van der Waals surface area contributed by atoms with Crippen LogP contribution in [-0.2, 0) is 17.7 Å². The van der Waals surface area contributed by atoms with Gasteiger partial charge in [0.25, 0.3) is 0 Å². The van der Waals surface area contributed by atoms with Crippen LogP contribution in [-0.4, -0.2) is 52.9 Å². The van der Waals surface area contributed by atoms with Crippen molar-refractivity contribution >= 4 is 22.7 Å². The van der Waals surface area contributed by atoms with Gasteiger partial charge in [0.1, 0.15) is 11.6 Å². The molecule has 2 aromatic heterocycles. The molecular formula is C19H30N6O. The first kappa shape index (κ1) is 17.5. The number of nitrogen functional groups attached to an aromatic ring is 1. The lowest BCUT2D eigenvalue weighted by atomic mass is 9.90. The van der Waals surface area contributed by atoms with Crippen LogP contribution in [0.15, 0.2) is 0 Å². The number of hydrogen-bond acceptors (Lipinski definition) is 6. The quantitative estimate of drug-likeness (QED) is 0.688. The van der Waals surface area contributed by atoms with Crippen molar-refractivity contribution in [2.24, 2.45) is 0 Å². The van der Waals surface area contributed by atoms with Gasteiger partial charge in [-0.1, -0.05) is 19.3 Å². The molecule has 3 heterocycles. The highest BCUT2D eigenvalue weighted by Crippen LogP contribution is 2.35. The molecule has 0 amide bonds. The standard InChI is InChI=1S/C19H30N6O/c1-26-11-5-9-21-18-15-12-25(13-6-3-2-4-7-13)10-8-14(15)16-17(20)23-24-19(16)22-18/h13H,2-12H2,1H3,(H4,20,21,22,23,24). The third kappa shape index (κ3) is 3.38. The van der Waals surface area contributed by atoms with E-state index < -0.39 is 0 Å². The Labute approximate surface area is 154 Å². The summed E-state index contributed by atoms with van der Waals surface area (Å²) in [6, 6.07) is 0.718. The van der Waals surface area contributed by atoms with Crippen molar-refractivity contribution in [3.8, 4) is 0 Å². The number of nitrogens with zero attached hydrogens (tertiary/aromatic N) is 3. The lowest BCUT2D eigenvalue weighted by molar-refractivity contribution is 0.142. The molecule has 0 unspecified atom stereocenters. The van der Waals surface area contributed by atoms with E-state index in [4.69, 9.17) is 15.5 Å². The second kappa shape index (κ2) is 7.80. The number of nitrogens with one attached hydrogen (secondary N) is 2. The molecule has 1 aliphatic carbocycles. The zero-order valence-electron chi connectivity index (χ0n) is 15.7. The van der Waals surface area contributed by atoms with Gasteiger partial charge in [-0.3, -0.25) is 10.00 Å². The van der Waals surface area contributed by atoms with Crippen molar-refractivity contribution < 1.29 is 4.74 Å². The first-order valence-corrected chi connectivity index (χ1v) is 9.90. The highest BCUT2D eigenvalue weighted by atomic mass is 16.5. The maximum atomic E-state index is 6.16. The minimum absolute atomic E-state index is 0.640. The second-order valence-corrected chi connectivity index (χ2v) is 7.54. The number of methoxy groups -OCH3 is 1. The summed E-state index contributed by atoms with van der Waals surface area (Å²) in [5.41, 5.74) is 9.51. The summed E-state index contributed by atoms with van der Waals surface area (Å²) >= 11 is 0. The Balaban J connectivity index is 1.63. The zero-order chi connectivity index (χ0) is 17.9. The van der Waals surface area contributed by atoms with Crippen molar-refractivity contribution in [2.45, 2.75) is 57.5 Å². The van der Waals surface area contributed by atoms with E-state index in [9.17, 15) is 0 Å². The monoisotopic (exact) mass is 358 g/mol. The van der Waals surface area contributed by atoms with Crippen LogP contribution in [0.3, 0.4) is 0 Å². The topological polar surface area (TPSA) is 92.1 Å². The molecule has 0 bridgehead atoms. The van der Waals surface area contributed by atoms with Gasteiger partial charge < -0.3 is 15.8 Å². The molecular weight excluding hydrogens is 328 g/mol. The van der Waals surface area contributed by atoms with Gasteiger partial charge in [-0.15, -0.1) is 0 Å². The number of rotatable bonds is 6. The number of H-pyrrole nitrogens is 1. The summed E-state index contributed by atoms with van der Waals surface area (Å²) in [7, 11) is 1.74. The predicted molar refractivity (Wildman–Crippen MR) is 104 cm³/mol. The molecule has 0 aromatic carbocycles. The fourth-order valence-electron chi connectivity index (χ4n) is 4.50. The molecule has 0 spiro atoms. The van der Waals surface area contributed by atoms with Crippen LogP contribution < -0.4 is 11.1 Å². The highest BCUT2D eigenvalue weighted by Gasteiger charge is 2.29.